The number of carbonyl (C=O) groups excluding carboxylic acids is 1. The summed E-state index contributed by atoms with van der Waals surface area (Å²) in [6.07, 6.45) is 2.16. The SMILES string of the molecule is Cc1cc(CCc2ccccc2)oc(=O)c1C(=O)NCC1Cc2nnc(C)n2C1. The molecule has 0 radical (unpaired) electrons. The predicted octanol–water partition coefficient (Wildman–Crippen LogP) is 2.24. The molecular weight excluding hydrogens is 368 g/mol. The molecule has 0 saturated heterocycles. The molecule has 0 aliphatic carbocycles. The smallest absolute Gasteiger partial charge is 0.349 e. The molecule has 1 aromatic carbocycles. The molecule has 150 valence electrons. The number of nitrogens with one attached hydrogen (secondary N) is 1. The lowest BCUT2D eigenvalue weighted by atomic mass is 10.1. The third-order valence-corrected chi connectivity index (χ3v) is 5.41. The zero-order chi connectivity index (χ0) is 20.4. The second-order valence-electron chi connectivity index (χ2n) is 7.60. The normalized spacial score (nSPS) is 15.3. The Labute approximate surface area is 168 Å². The number of aromatic nitrogens is 3. The minimum atomic E-state index is -0.579. The van der Waals surface area contributed by atoms with Crippen LogP contribution in [0.1, 0.15) is 38.9 Å². The van der Waals surface area contributed by atoms with E-state index in [1.165, 1.54) is 5.56 Å². The van der Waals surface area contributed by atoms with Crippen LogP contribution in [0.2, 0.25) is 0 Å². The van der Waals surface area contributed by atoms with E-state index in [1.807, 2.05) is 37.3 Å². The molecule has 1 atom stereocenters. The van der Waals surface area contributed by atoms with Crippen LogP contribution in [-0.4, -0.2) is 27.2 Å². The Morgan fingerprint density at radius 2 is 2.00 bits per heavy atom. The van der Waals surface area contributed by atoms with Crippen molar-refractivity contribution in [2.45, 2.75) is 39.7 Å². The number of hydrogen-bond acceptors (Lipinski definition) is 5. The van der Waals surface area contributed by atoms with Crippen LogP contribution in [0.15, 0.2) is 45.6 Å². The van der Waals surface area contributed by atoms with E-state index in [0.717, 1.165) is 31.0 Å². The number of benzene rings is 1. The molecule has 1 amide bonds. The molecule has 0 saturated carbocycles. The first-order valence-electron chi connectivity index (χ1n) is 9.85. The maximum Gasteiger partial charge on any atom is 0.349 e. The quantitative estimate of drug-likeness (QED) is 0.695. The Kier molecular flexibility index (Phi) is 5.29. The summed E-state index contributed by atoms with van der Waals surface area (Å²) in [5.74, 6) is 2.29. The van der Waals surface area contributed by atoms with Crippen molar-refractivity contribution in [1.29, 1.82) is 0 Å². The average molecular weight is 392 g/mol. The van der Waals surface area contributed by atoms with Crippen molar-refractivity contribution in [3.63, 3.8) is 0 Å². The van der Waals surface area contributed by atoms with Crippen molar-refractivity contribution in [3.05, 3.63) is 80.9 Å². The maximum atomic E-state index is 12.6. The van der Waals surface area contributed by atoms with Crippen LogP contribution in [0.5, 0.6) is 0 Å². The Morgan fingerprint density at radius 1 is 1.21 bits per heavy atom. The Hall–Kier alpha value is -3.22. The zero-order valence-corrected chi connectivity index (χ0v) is 16.6. The highest BCUT2D eigenvalue weighted by Crippen LogP contribution is 2.19. The van der Waals surface area contributed by atoms with E-state index in [-0.39, 0.29) is 17.4 Å². The van der Waals surface area contributed by atoms with Gasteiger partial charge in [-0.25, -0.2) is 4.79 Å². The second-order valence-corrected chi connectivity index (χ2v) is 7.60. The lowest BCUT2D eigenvalue weighted by molar-refractivity contribution is 0.0941. The summed E-state index contributed by atoms with van der Waals surface area (Å²) >= 11 is 0. The summed E-state index contributed by atoms with van der Waals surface area (Å²) in [7, 11) is 0. The van der Waals surface area contributed by atoms with Gasteiger partial charge in [0.25, 0.3) is 5.91 Å². The fraction of sp³-hybridized carbons (Fsp3) is 0.364. The molecule has 7 nitrogen and oxygen atoms in total. The van der Waals surface area contributed by atoms with E-state index >= 15 is 0 Å². The molecule has 1 N–H and O–H groups in total. The van der Waals surface area contributed by atoms with Crippen LogP contribution in [0, 0.1) is 19.8 Å². The minimum absolute atomic E-state index is 0.0852. The molecule has 3 heterocycles. The lowest BCUT2D eigenvalue weighted by Crippen LogP contribution is -2.34. The predicted molar refractivity (Wildman–Crippen MR) is 108 cm³/mol. The second kappa shape index (κ2) is 8.03. The molecule has 4 rings (SSSR count). The summed E-state index contributed by atoms with van der Waals surface area (Å²) in [4.78, 5) is 25.0. The first kappa shape index (κ1) is 19.1. The van der Waals surface area contributed by atoms with E-state index in [1.54, 1.807) is 13.0 Å². The molecule has 0 fully saturated rings. The summed E-state index contributed by atoms with van der Waals surface area (Å²) < 4.78 is 7.49. The minimum Gasteiger partial charge on any atom is -0.427 e. The van der Waals surface area contributed by atoms with Gasteiger partial charge >= 0.3 is 5.63 Å². The van der Waals surface area contributed by atoms with Gasteiger partial charge in [-0.2, -0.15) is 0 Å². The molecule has 3 aromatic rings. The zero-order valence-electron chi connectivity index (χ0n) is 16.6. The van der Waals surface area contributed by atoms with Gasteiger partial charge < -0.3 is 14.3 Å². The Balaban J connectivity index is 1.38. The third kappa shape index (κ3) is 4.13. The monoisotopic (exact) mass is 392 g/mol. The van der Waals surface area contributed by atoms with Crippen molar-refractivity contribution in [2.75, 3.05) is 6.54 Å². The van der Waals surface area contributed by atoms with Crippen LogP contribution in [0.3, 0.4) is 0 Å². The lowest BCUT2D eigenvalue weighted by Gasteiger charge is -2.12. The maximum absolute atomic E-state index is 12.6. The number of rotatable bonds is 6. The fourth-order valence-corrected chi connectivity index (χ4v) is 3.84. The molecule has 7 heteroatoms. The highest BCUT2D eigenvalue weighted by molar-refractivity contribution is 5.95. The van der Waals surface area contributed by atoms with Gasteiger partial charge in [-0.3, -0.25) is 4.79 Å². The number of nitrogens with zero attached hydrogens (tertiary/aromatic N) is 3. The van der Waals surface area contributed by atoms with Crippen LogP contribution in [0.4, 0.5) is 0 Å². The Bertz CT molecular complexity index is 1090. The largest absolute Gasteiger partial charge is 0.427 e. The van der Waals surface area contributed by atoms with Crippen molar-refractivity contribution in [2.24, 2.45) is 5.92 Å². The van der Waals surface area contributed by atoms with Crippen molar-refractivity contribution in [3.8, 4) is 0 Å². The van der Waals surface area contributed by atoms with Gasteiger partial charge in [0, 0.05) is 31.8 Å². The van der Waals surface area contributed by atoms with Gasteiger partial charge in [0.15, 0.2) is 0 Å². The van der Waals surface area contributed by atoms with Gasteiger partial charge in [0.2, 0.25) is 0 Å². The molecule has 1 aliphatic heterocycles. The van der Waals surface area contributed by atoms with Gasteiger partial charge in [-0.15, -0.1) is 10.2 Å². The van der Waals surface area contributed by atoms with Gasteiger partial charge in [-0.1, -0.05) is 30.3 Å². The van der Waals surface area contributed by atoms with Gasteiger partial charge in [0.05, 0.1) is 0 Å². The van der Waals surface area contributed by atoms with Crippen LogP contribution in [-0.2, 0) is 25.8 Å². The number of fused-ring (bicyclic) bond motifs is 1. The fourth-order valence-electron chi connectivity index (χ4n) is 3.84. The molecule has 1 unspecified atom stereocenters. The number of aryl methyl sites for hydroxylation is 4. The van der Waals surface area contributed by atoms with Crippen molar-refractivity contribution in [1.82, 2.24) is 20.1 Å². The van der Waals surface area contributed by atoms with E-state index in [2.05, 4.69) is 20.1 Å². The van der Waals surface area contributed by atoms with Gasteiger partial charge in [0.1, 0.15) is 23.0 Å². The first-order chi connectivity index (χ1) is 14.0. The van der Waals surface area contributed by atoms with Crippen LogP contribution < -0.4 is 10.9 Å². The van der Waals surface area contributed by atoms with Crippen LogP contribution >= 0.6 is 0 Å². The highest BCUT2D eigenvalue weighted by Gasteiger charge is 2.26. The number of hydrogen-bond donors (Lipinski definition) is 1. The van der Waals surface area contributed by atoms with E-state index < -0.39 is 5.63 Å². The molecule has 1 aliphatic rings. The van der Waals surface area contributed by atoms with Crippen molar-refractivity contribution >= 4 is 5.91 Å². The van der Waals surface area contributed by atoms with Crippen LogP contribution in [0.25, 0.3) is 0 Å². The molecule has 29 heavy (non-hydrogen) atoms. The van der Waals surface area contributed by atoms with Gasteiger partial charge in [-0.05, 0) is 37.5 Å². The number of amides is 1. The standard InChI is InChI=1S/C22H24N4O3/c1-14-10-18(9-8-16-6-4-3-5-7-16)29-22(28)20(14)21(27)23-12-17-11-19-25-24-15(2)26(19)13-17/h3-7,10,17H,8-9,11-13H2,1-2H3,(H,23,27). The van der Waals surface area contributed by atoms with E-state index in [9.17, 15) is 9.59 Å². The summed E-state index contributed by atoms with van der Waals surface area (Å²) in [6, 6.07) is 11.8. The average Bonchev–Trinajstić information content (AvgIpc) is 3.26. The summed E-state index contributed by atoms with van der Waals surface area (Å²) in [5, 5.41) is 11.1. The molecule has 0 spiro atoms. The summed E-state index contributed by atoms with van der Waals surface area (Å²) in [5.41, 5.74) is 1.32. The topological polar surface area (TPSA) is 90.0 Å². The first-order valence-corrected chi connectivity index (χ1v) is 9.85. The molecular formula is C22H24N4O3. The van der Waals surface area contributed by atoms with E-state index in [0.29, 0.717) is 24.3 Å². The van der Waals surface area contributed by atoms with E-state index in [4.69, 9.17) is 4.42 Å². The highest BCUT2D eigenvalue weighted by atomic mass is 16.4. The molecule has 0 bridgehead atoms. The number of carbonyl (C=O) groups is 1. The third-order valence-electron chi connectivity index (χ3n) is 5.41. The Morgan fingerprint density at radius 3 is 2.72 bits per heavy atom. The molecule has 2 aromatic heterocycles. The summed E-state index contributed by atoms with van der Waals surface area (Å²) in [6.45, 7) is 4.96. The van der Waals surface area contributed by atoms with Crippen molar-refractivity contribution < 1.29 is 9.21 Å².